The van der Waals surface area contributed by atoms with Crippen LogP contribution in [-0.2, 0) is 4.79 Å². The van der Waals surface area contributed by atoms with Crippen molar-refractivity contribution in [2.75, 3.05) is 26.2 Å². The Morgan fingerprint density at radius 2 is 1.40 bits per heavy atom. The lowest BCUT2D eigenvalue weighted by Crippen LogP contribution is -3.13. The number of carbonyl (C=O) groups is 1. The number of hydrogen-bond donors (Lipinski definition) is 2. The first-order valence-electron chi connectivity index (χ1n) is 8.35. The van der Waals surface area contributed by atoms with E-state index in [1.165, 1.54) is 51.4 Å². The van der Waals surface area contributed by atoms with Crippen molar-refractivity contribution in [2.45, 2.75) is 71.1 Å². The van der Waals surface area contributed by atoms with Crippen molar-refractivity contribution in [3.63, 3.8) is 0 Å². The van der Waals surface area contributed by atoms with E-state index < -0.39 is 5.97 Å². The molecular weight excluding hydrogens is 254 g/mol. The zero-order chi connectivity index (χ0) is 15.1. The molecule has 0 amide bonds. The maximum atomic E-state index is 10.6. The van der Waals surface area contributed by atoms with Crippen LogP contribution < -0.4 is 10.0 Å². The summed E-state index contributed by atoms with van der Waals surface area (Å²) in [6.45, 7) is 3.62. The van der Waals surface area contributed by atoms with Crippen molar-refractivity contribution in [1.29, 1.82) is 0 Å². The maximum absolute atomic E-state index is 10.6. The average Bonchev–Trinajstić information content (AvgIpc) is 2.40. The number of unbranched alkanes of at least 4 members (excludes halogenated alkanes) is 9. The van der Waals surface area contributed by atoms with Gasteiger partial charge in [-0.3, -0.25) is 0 Å². The van der Waals surface area contributed by atoms with Gasteiger partial charge in [0.05, 0.1) is 19.1 Å². The van der Waals surface area contributed by atoms with Crippen LogP contribution in [0.3, 0.4) is 0 Å². The fourth-order valence-electron chi connectivity index (χ4n) is 2.53. The highest BCUT2D eigenvalue weighted by molar-refractivity contribution is 5.65. The van der Waals surface area contributed by atoms with Gasteiger partial charge in [0.15, 0.2) is 0 Å². The molecule has 0 saturated heterocycles. The van der Waals surface area contributed by atoms with E-state index in [2.05, 4.69) is 6.92 Å². The van der Waals surface area contributed by atoms with Crippen LogP contribution in [0.15, 0.2) is 0 Å². The summed E-state index contributed by atoms with van der Waals surface area (Å²) in [4.78, 5) is 11.5. The maximum Gasteiger partial charge on any atom is 0.117 e. The first kappa shape index (κ1) is 19.4. The van der Waals surface area contributed by atoms with Crippen molar-refractivity contribution in [2.24, 2.45) is 0 Å². The van der Waals surface area contributed by atoms with Crippen molar-refractivity contribution >= 4 is 5.97 Å². The molecule has 0 aliphatic rings. The fraction of sp³-hybridized carbons (Fsp3) is 0.938. The zero-order valence-electron chi connectivity index (χ0n) is 13.2. The summed E-state index contributed by atoms with van der Waals surface area (Å²) in [6, 6.07) is 0. The molecule has 0 aliphatic carbocycles. The largest absolute Gasteiger partial charge is 0.544 e. The third-order valence-corrected chi connectivity index (χ3v) is 3.74. The number of aliphatic hydroxyl groups excluding tert-OH is 1. The Balaban J connectivity index is 3.34. The Kier molecular flexibility index (Phi) is 14.3. The van der Waals surface area contributed by atoms with Crippen molar-refractivity contribution in [3.8, 4) is 0 Å². The molecule has 4 heteroatoms. The predicted octanol–water partition coefficient (Wildman–Crippen LogP) is 0.534. The van der Waals surface area contributed by atoms with E-state index in [-0.39, 0.29) is 13.2 Å². The van der Waals surface area contributed by atoms with Gasteiger partial charge in [-0.2, -0.15) is 0 Å². The Bertz CT molecular complexity index is 222. The summed E-state index contributed by atoms with van der Waals surface area (Å²) in [7, 11) is 0. The van der Waals surface area contributed by atoms with E-state index in [1.54, 1.807) is 0 Å². The van der Waals surface area contributed by atoms with Gasteiger partial charge >= 0.3 is 0 Å². The Labute approximate surface area is 124 Å². The van der Waals surface area contributed by atoms with Crippen LogP contribution in [0.5, 0.6) is 0 Å². The van der Waals surface area contributed by atoms with Crippen LogP contribution >= 0.6 is 0 Å². The van der Waals surface area contributed by atoms with Gasteiger partial charge in [0.2, 0.25) is 0 Å². The number of hydrogen-bond acceptors (Lipinski definition) is 3. The lowest BCUT2D eigenvalue weighted by molar-refractivity contribution is -0.895. The van der Waals surface area contributed by atoms with Gasteiger partial charge in [-0.05, 0) is 12.8 Å². The second-order valence-corrected chi connectivity index (χ2v) is 5.70. The molecule has 4 nitrogen and oxygen atoms in total. The van der Waals surface area contributed by atoms with E-state index >= 15 is 0 Å². The normalized spacial score (nSPS) is 12.5. The smallest absolute Gasteiger partial charge is 0.117 e. The monoisotopic (exact) mass is 287 g/mol. The molecule has 0 aromatic heterocycles. The molecule has 0 rings (SSSR count). The summed E-state index contributed by atoms with van der Waals surface area (Å²) in [5, 5.41) is 19.4. The highest BCUT2D eigenvalue weighted by atomic mass is 16.4. The molecule has 0 radical (unpaired) electrons. The van der Waals surface area contributed by atoms with Gasteiger partial charge in [0.1, 0.15) is 13.1 Å². The molecule has 0 heterocycles. The highest BCUT2D eigenvalue weighted by Crippen LogP contribution is 2.09. The van der Waals surface area contributed by atoms with Crippen LogP contribution in [0.1, 0.15) is 71.1 Å². The minimum atomic E-state index is -1.03. The van der Waals surface area contributed by atoms with Gasteiger partial charge in [-0.25, -0.2) is 0 Å². The van der Waals surface area contributed by atoms with E-state index in [9.17, 15) is 9.90 Å². The predicted molar refractivity (Wildman–Crippen MR) is 79.5 cm³/mol. The highest BCUT2D eigenvalue weighted by Gasteiger charge is 2.07. The van der Waals surface area contributed by atoms with Crippen LogP contribution in [0.25, 0.3) is 0 Å². The second-order valence-electron chi connectivity index (χ2n) is 5.70. The number of carbonyl (C=O) groups excluding carboxylic acids is 1. The van der Waals surface area contributed by atoms with E-state index in [4.69, 9.17) is 5.11 Å². The first-order chi connectivity index (χ1) is 9.70. The molecular formula is C16H33NO3. The molecule has 0 aromatic rings. The summed E-state index contributed by atoms with van der Waals surface area (Å²) in [5.41, 5.74) is 0. The third-order valence-electron chi connectivity index (χ3n) is 3.74. The number of rotatable bonds is 15. The molecule has 0 aromatic carbocycles. The fourth-order valence-corrected chi connectivity index (χ4v) is 2.53. The van der Waals surface area contributed by atoms with Gasteiger partial charge < -0.3 is 19.9 Å². The summed E-state index contributed by atoms with van der Waals surface area (Å²) in [5.74, 6) is -1.03. The van der Waals surface area contributed by atoms with Gasteiger partial charge in [0.25, 0.3) is 0 Å². The topological polar surface area (TPSA) is 64.8 Å². The zero-order valence-corrected chi connectivity index (χ0v) is 13.2. The van der Waals surface area contributed by atoms with E-state index in [0.717, 1.165) is 24.3 Å². The molecule has 0 spiro atoms. The SMILES string of the molecule is CCCCCCCCCCCC[NH+](CCO)CC(=O)[O-]. The minimum absolute atomic E-state index is 0.0119. The summed E-state index contributed by atoms with van der Waals surface area (Å²) in [6.07, 6.45) is 12.8. The number of carboxylic acid groups (broad SMARTS) is 1. The van der Waals surface area contributed by atoms with Crippen LogP contribution in [0, 0.1) is 0 Å². The molecule has 0 saturated carbocycles. The molecule has 0 bridgehead atoms. The number of aliphatic carboxylic acids is 1. The van der Waals surface area contributed by atoms with Crippen LogP contribution in [0.4, 0.5) is 0 Å². The number of nitrogens with one attached hydrogen (secondary N) is 1. The van der Waals surface area contributed by atoms with E-state index in [1.807, 2.05) is 0 Å². The third kappa shape index (κ3) is 13.8. The molecule has 0 aliphatic heterocycles. The molecule has 20 heavy (non-hydrogen) atoms. The van der Waals surface area contributed by atoms with Crippen molar-refractivity contribution in [1.82, 2.24) is 0 Å². The van der Waals surface area contributed by atoms with Crippen molar-refractivity contribution in [3.05, 3.63) is 0 Å². The molecule has 0 fully saturated rings. The minimum Gasteiger partial charge on any atom is -0.544 e. The second kappa shape index (κ2) is 14.8. The lowest BCUT2D eigenvalue weighted by Gasteiger charge is -2.18. The first-order valence-corrected chi connectivity index (χ1v) is 8.35. The molecule has 2 N–H and O–H groups in total. The van der Waals surface area contributed by atoms with Crippen LogP contribution in [-0.4, -0.2) is 37.3 Å². The molecule has 1 atom stereocenters. The summed E-state index contributed by atoms with van der Waals surface area (Å²) < 4.78 is 0. The number of aliphatic hydroxyl groups is 1. The average molecular weight is 287 g/mol. The van der Waals surface area contributed by atoms with E-state index in [0.29, 0.717) is 6.54 Å². The van der Waals surface area contributed by atoms with Gasteiger partial charge in [-0.15, -0.1) is 0 Å². The quantitative estimate of drug-likeness (QED) is 0.432. The Hall–Kier alpha value is -0.610. The Morgan fingerprint density at radius 1 is 0.900 bits per heavy atom. The number of carboxylic acids is 1. The van der Waals surface area contributed by atoms with Gasteiger partial charge in [-0.1, -0.05) is 58.3 Å². The molecule has 120 valence electrons. The van der Waals surface area contributed by atoms with Crippen molar-refractivity contribution < 1.29 is 19.9 Å². The van der Waals surface area contributed by atoms with Crippen LogP contribution in [0.2, 0.25) is 0 Å². The number of quaternary nitrogens is 1. The standard InChI is InChI=1S/C16H33NO3/c1-2-3-4-5-6-7-8-9-10-11-12-17(13-14-18)15-16(19)20/h18H,2-15H2,1H3,(H,19,20). The lowest BCUT2D eigenvalue weighted by atomic mass is 10.1. The molecule has 1 unspecified atom stereocenters. The Morgan fingerprint density at radius 3 is 1.85 bits per heavy atom. The summed E-state index contributed by atoms with van der Waals surface area (Å²) >= 11 is 0. The van der Waals surface area contributed by atoms with Gasteiger partial charge in [0, 0.05) is 0 Å².